The van der Waals surface area contributed by atoms with E-state index in [1.807, 2.05) is 0 Å². The first-order valence-electron chi connectivity index (χ1n) is 5.15. The minimum atomic E-state index is -8.40. The molecular formula is C8Cl3F15. The molecule has 0 heterocycles. The molecule has 0 radical (unpaired) electrons. The third-order valence-corrected chi connectivity index (χ3v) is 3.40. The van der Waals surface area contributed by atoms with Gasteiger partial charge in [-0.15, -0.1) is 0 Å². The van der Waals surface area contributed by atoms with Crippen LogP contribution in [0.3, 0.4) is 0 Å². The fourth-order valence-corrected chi connectivity index (χ4v) is 1.50. The van der Waals surface area contributed by atoms with Crippen LogP contribution in [0.4, 0.5) is 65.9 Å². The van der Waals surface area contributed by atoms with Crippen LogP contribution < -0.4 is 0 Å². The Labute approximate surface area is 147 Å². The summed E-state index contributed by atoms with van der Waals surface area (Å²) in [6.07, 6.45) is -7.66. The topological polar surface area (TPSA) is 0 Å². The van der Waals surface area contributed by atoms with Crippen LogP contribution >= 0.6 is 34.8 Å². The molecular weight excluding hydrogens is 487 g/mol. The summed E-state index contributed by atoms with van der Waals surface area (Å²) >= 11 is 12.4. The maximum atomic E-state index is 13.1. The number of halogens is 18. The minimum absolute atomic E-state index is 4.15. The minimum Gasteiger partial charge on any atom is -0.195 e. The van der Waals surface area contributed by atoms with E-state index in [0.29, 0.717) is 0 Å². The fourth-order valence-electron chi connectivity index (χ4n) is 1.14. The molecule has 0 saturated heterocycles. The van der Waals surface area contributed by atoms with Crippen LogP contribution in [-0.4, -0.2) is 45.5 Å². The van der Waals surface area contributed by atoms with E-state index in [2.05, 4.69) is 34.8 Å². The molecule has 18 heteroatoms. The van der Waals surface area contributed by atoms with Gasteiger partial charge < -0.3 is 0 Å². The second-order valence-corrected chi connectivity index (χ2v) is 6.72. The normalized spacial score (nSPS) is 16.8. The SMILES string of the molecule is FC(F)(F)C(F)(F)C(F)(F)C(F)(F)C(F)(F)C(F)(F)C(F)(F)C(Cl)(Cl)Cl. The Bertz CT molecular complexity index is 480. The van der Waals surface area contributed by atoms with E-state index >= 15 is 0 Å². The first-order valence-corrected chi connectivity index (χ1v) is 6.29. The van der Waals surface area contributed by atoms with Crippen molar-refractivity contribution in [2.45, 2.75) is 45.5 Å². The average Bonchev–Trinajstić information content (AvgIpc) is 2.34. The molecule has 0 aliphatic rings. The Hall–Kier alpha value is -0.180. The summed E-state index contributed by atoms with van der Waals surface area (Å²) in [6, 6.07) is 0. The Morgan fingerprint density at radius 3 is 0.692 bits per heavy atom. The van der Waals surface area contributed by atoms with E-state index in [1.54, 1.807) is 0 Å². The molecule has 0 aromatic heterocycles. The highest BCUT2D eigenvalue weighted by Crippen LogP contribution is 2.64. The van der Waals surface area contributed by atoms with E-state index in [-0.39, 0.29) is 0 Å². The lowest BCUT2D eigenvalue weighted by Crippen LogP contribution is -2.73. The predicted molar refractivity (Wildman–Crippen MR) is 56.0 cm³/mol. The smallest absolute Gasteiger partial charge is 0.195 e. The molecule has 0 amide bonds. The zero-order valence-electron chi connectivity index (χ0n) is 10.8. The van der Waals surface area contributed by atoms with Gasteiger partial charge in [0.05, 0.1) is 0 Å². The van der Waals surface area contributed by atoms with Crippen LogP contribution in [0.2, 0.25) is 0 Å². The van der Waals surface area contributed by atoms with Crippen molar-refractivity contribution in [2.24, 2.45) is 0 Å². The molecule has 0 aliphatic heterocycles. The van der Waals surface area contributed by atoms with Gasteiger partial charge in [-0.3, -0.25) is 0 Å². The monoisotopic (exact) mass is 486 g/mol. The van der Waals surface area contributed by atoms with E-state index in [4.69, 9.17) is 0 Å². The van der Waals surface area contributed by atoms with Crippen molar-refractivity contribution in [1.29, 1.82) is 0 Å². The van der Waals surface area contributed by atoms with Gasteiger partial charge >= 0.3 is 41.7 Å². The summed E-state index contributed by atoms with van der Waals surface area (Å²) in [5.74, 6) is -47.8. The first kappa shape index (κ1) is 25.8. The van der Waals surface area contributed by atoms with Crippen molar-refractivity contribution in [2.75, 3.05) is 0 Å². The van der Waals surface area contributed by atoms with E-state index < -0.39 is 45.5 Å². The molecule has 0 fully saturated rings. The summed E-state index contributed by atoms with van der Waals surface area (Å²) in [4.78, 5) is 0. The molecule has 0 N–H and O–H groups in total. The second-order valence-electron chi connectivity index (χ2n) is 4.44. The van der Waals surface area contributed by atoms with E-state index in [0.717, 1.165) is 0 Å². The van der Waals surface area contributed by atoms with Crippen molar-refractivity contribution in [3.05, 3.63) is 0 Å². The summed E-state index contributed by atoms with van der Waals surface area (Å²) in [6.45, 7) is 0. The third kappa shape index (κ3) is 3.14. The molecule has 0 bridgehead atoms. The van der Waals surface area contributed by atoms with Gasteiger partial charge in [0.2, 0.25) is 0 Å². The van der Waals surface area contributed by atoms with Gasteiger partial charge in [-0.1, -0.05) is 34.8 Å². The highest BCUT2D eigenvalue weighted by atomic mass is 35.6. The van der Waals surface area contributed by atoms with Crippen LogP contribution in [0.1, 0.15) is 0 Å². The van der Waals surface area contributed by atoms with Crippen LogP contribution in [0.15, 0.2) is 0 Å². The van der Waals surface area contributed by atoms with Crippen LogP contribution in [0, 0.1) is 0 Å². The van der Waals surface area contributed by atoms with Gasteiger partial charge in [0.25, 0.3) is 3.79 Å². The van der Waals surface area contributed by atoms with Gasteiger partial charge in [0, 0.05) is 0 Å². The van der Waals surface area contributed by atoms with Crippen molar-refractivity contribution < 1.29 is 65.9 Å². The van der Waals surface area contributed by atoms with Gasteiger partial charge in [0.15, 0.2) is 0 Å². The lowest BCUT2D eigenvalue weighted by Gasteiger charge is -2.42. The van der Waals surface area contributed by atoms with Crippen molar-refractivity contribution in [1.82, 2.24) is 0 Å². The first-order chi connectivity index (χ1) is 10.8. The second kappa shape index (κ2) is 6.16. The lowest BCUT2D eigenvalue weighted by molar-refractivity contribution is -0.452. The molecule has 0 nitrogen and oxygen atoms in total. The standard InChI is InChI=1S/C8Cl3F15/c9-7(10,11)5(20,21)3(16,17)1(12,13)2(14,15)4(18,19)6(22,23)8(24,25)26. The largest absolute Gasteiger partial charge is 0.460 e. The van der Waals surface area contributed by atoms with E-state index in [1.165, 1.54) is 0 Å². The molecule has 0 aromatic rings. The molecule has 0 spiro atoms. The summed E-state index contributed by atoms with van der Waals surface area (Å²) < 4.78 is 185. The molecule has 26 heavy (non-hydrogen) atoms. The van der Waals surface area contributed by atoms with Crippen molar-refractivity contribution in [3.8, 4) is 0 Å². The number of rotatable bonds is 5. The third-order valence-electron chi connectivity index (χ3n) is 2.68. The van der Waals surface area contributed by atoms with Gasteiger partial charge in [-0.05, 0) is 0 Å². The summed E-state index contributed by atoms with van der Waals surface area (Å²) in [5, 5.41) is 0. The van der Waals surface area contributed by atoms with Gasteiger partial charge in [-0.25, -0.2) is 0 Å². The maximum absolute atomic E-state index is 13.1. The summed E-state index contributed by atoms with van der Waals surface area (Å²) in [7, 11) is 0. The molecule has 0 saturated carbocycles. The number of hydrogen-bond acceptors (Lipinski definition) is 0. The Balaban J connectivity index is 6.61. The molecule has 0 aliphatic carbocycles. The highest BCUT2D eigenvalue weighted by Gasteiger charge is 2.94. The van der Waals surface area contributed by atoms with Crippen LogP contribution in [0.5, 0.6) is 0 Å². The Morgan fingerprint density at radius 2 is 0.500 bits per heavy atom. The fraction of sp³-hybridized carbons (Fsp3) is 1.00. The van der Waals surface area contributed by atoms with E-state index in [9.17, 15) is 65.9 Å². The zero-order chi connectivity index (χ0) is 22.0. The number of alkyl halides is 18. The van der Waals surface area contributed by atoms with Crippen molar-refractivity contribution in [3.63, 3.8) is 0 Å². The predicted octanol–water partition coefficient (Wildman–Crippen LogP) is 6.73. The molecule has 0 unspecified atom stereocenters. The van der Waals surface area contributed by atoms with Crippen LogP contribution in [0.25, 0.3) is 0 Å². The van der Waals surface area contributed by atoms with Gasteiger partial charge in [-0.2, -0.15) is 65.9 Å². The number of hydrogen-bond donors (Lipinski definition) is 0. The Morgan fingerprint density at radius 1 is 0.308 bits per heavy atom. The molecule has 0 aromatic carbocycles. The Kier molecular flexibility index (Phi) is 6.12. The lowest BCUT2D eigenvalue weighted by atomic mass is 9.91. The quantitative estimate of drug-likeness (QED) is 0.298. The zero-order valence-corrected chi connectivity index (χ0v) is 13.1. The maximum Gasteiger partial charge on any atom is 0.460 e. The summed E-state index contributed by atoms with van der Waals surface area (Å²) in [5.41, 5.74) is 0. The molecule has 0 atom stereocenters. The average molecular weight is 487 g/mol. The molecule has 0 rings (SSSR count). The van der Waals surface area contributed by atoms with Crippen LogP contribution in [-0.2, 0) is 0 Å². The van der Waals surface area contributed by atoms with Gasteiger partial charge in [0.1, 0.15) is 0 Å². The van der Waals surface area contributed by atoms with Crippen molar-refractivity contribution >= 4 is 34.8 Å². The molecule has 158 valence electrons. The highest BCUT2D eigenvalue weighted by molar-refractivity contribution is 6.68.